The van der Waals surface area contributed by atoms with Crippen LogP contribution < -0.4 is 14.2 Å². The number of benzene rings is 2. The molecular weight excluding hydrogens is 322 g/mol. The van der Waals surface area contributed by atoms with Crippen LogP contribution in [0.2, 0.25) is 0 Å². The van der Waals surface area contributed by atoms with Gasteiger partial charge in [0.25, 0.3) is 0 Å². The average molecular weight is 341 g/mol. The van der Waals surface area contributed by atoms with Gasteiger partial charge in [-0.05, 0) is 29.8 Å². The lowest BCUT2D eigenvalue weighted by Crippen LogP contribution is -2.35. The molecule has 0 spiro atoms. The van der Waals surface area contributed by atoms with Gasteiger partial charge in [0, 0.05) is 19.2 Å². The molecule has 0 fully saturated rings. The third-order valence-electron chi connectivity index (χ3n) is 4.11. The van der Waals surface area contributed by atoms with Gasteiger partial charge in [0.2, 0.25) is 5.78 Å². The van der Waals surface area contributed by atoms with E-state index in [1.54, 1.807) is 26.4 Å². The molecule has 2 aromatic rings. The van der Waals surface area contributed by atoms with Crippen molar-refractivity contribution in [1.29, 1.82) is 0 Å². The molecular formula is C19H19NO5. The maximum Gasteiger partial charge on any atom is 0.203 e. The van der Waals surface area contributed by atoms with E-state index >= 15 is 0 Å². The Kier molecular flexibility index (Phi) is 4.72. The highest BCUT2D eigenvalue weighted by atomic mass is 16.5. The minimum absolute atomic E-state index is 0.196. The molecule has 130 valence electrons. The van der Waals surface area contributed by atoms with Gasteiger partial charge in [-0.2, -0.15) is 0 Å². The van der Waals surface area contributed by atoms with Gasteiger partial charge < -0.3 is 18.9 Å². The quantitative estimate of drug-likeness (QED) is 0.836. The zero-order valence-electron chi connectivity index (χ0n) is 14.5. The maximum atomic E-state index is 13.0. The van der Waals surface area contributed by atoms with E-state index in [4.69, 9.17) is 18.9 Å². The Morgan fingerprint density at radius 2 is 1.56 bits per heavy atom. The fourth-order valence-corrected chi connectivity index (χ4v) is 2.83. The Bertz CT molecular complexity index is 826. The second kappa shape index (κ2) is 6.94. The van der Waals surface area contributed by atoms with Crippen molar-refractivity contribution in [3.8, 4) is 17.2 Å². The van der Waals surface area contributed by atoms with Crippen LogP contribution in [0.15, 0.2) is 41.4 Å². The zero-order chi connectivity index (χ0) is 18.0. The van der Waals surface area contributed by atoms with Crippen molar-refractivity contribution >= 4 is 17.2 Å². The summed E-state index contributed by atoms with van der Waals surface area (Å²) < 4.78 is 21.2. The summed E-state index contributed by atoms with van der Waals surface area (Å²) in [5.41, 5.74) is 2.22. The Hall–Kier alpha value is -2.86. The van der Waals surface area contributed by atoms with Crippen molar-refractivity contribution < 1.29 is 23.7 Å². The third-order valence-corrected chi connectivity index (χ3v) is 4.11. The molecule has 25 heavy (non-hydrogen) atoms. The number of methoxy groups -OCH3 is 4. The van der Waals surface area contributed by atoms with Crippen LogP contribution in [0.5, 0.6) is 17.2 Å². The van der Waals surface area contributed by atoms with Crippen LogP contribution in [0.25, 0.3) is 0 Å². The van der Waals surface area contributed by atoms with Crippen LogP contribution in [0, 0.1) is 0 Å². The van der Waals surface area contributed by atoms with Crippen molar-refractivity contribution in [3.63, 3.8) is 0 Å². The fourth-order valence-electron chi connectivity index (χ4n) is 2.83. The predicted molar refractivity (Wildman–Crippen MR) is 93.9 cm³/mol. The first-order chi connectivity index (χ1) is 12.1. The zero-order valence-corrected chi connectivity index (χ0v) is 14.5. The number of ketones is 1. The highest BCUT2D eigenvalue weighted by Crippen LogP contribution is 2.39. The Balaban J connectivity index is 2.18. The van der Waals surface area contributed by atoms with Crippen molar-refractivity contribution in [1.82, 2.24) is 0 Å². The molecule has 0 radical (unpaired) electrons. The highest BCUT2D eigenvalue weighted by molar-refractivity contribution is 6.26. The van der Waals surface area contributed by atoms with E-state index in [0.717, 1.165) is 11.3 Å². The molecule has 0 N–H and O–H groups in total. The average Bonchev–Trinajstić information content (AvgIpc) is 2.66. The van der Waals surface area contributed by atoms with Gasteiger partial charge in [-0.15, -0.1) is 0 Å². The molecule has 0 aromatic heterocycles. The smallest absolute Gasteiger partial charge is 0.203 e. The van der Waals surface area contributed by atoms with Gasteiger partial charge in [-0.25, -0.2) is 4.99 Å². The monoisotopic (exact) mass is 341 g/mol. The van der Waals surface area contributed by atoms with E-state index in [2.05, 4.69) is 4.99 Å². The van der Waals surface area contributed by atoms with E-state index in [1.165, 1.54) is 14.2 Å². The van der Waals surface area contributed by atoms with Gasteiger partial charge >= 0.3 is 0 Å². The molecule has 0 bridgehead atoms. The Morgan fingerprint density at radius 1 is 0.880 bits per heavy atom. The minimum Gasteiger partial charge on any atom is -0.497 e. The van der Waals surface area contributed by atoms with Gasteiger partial charge in [-0.3, -0.25) is 4.79 Å². The van der Waals surface area contributed by atoms with E-state index in [0.29, 0.717) is 28.5 Å². The number of fused-ring (bicyclic) bond motifs is 1. The second-order valence-electron chi connectivity index (χ2n) is 5.43. The summed E-state index contributed by atoms with van der Waals surface area (Å²) in [5, 5.41) is 0. The summed E-state index contributed by atoms with van der Waals surface area (Å²) in [6, 6.07) is 10.7. The molecule has 0 saturated carbocycles. The Labute approximate surface area is 146 Å². The summed E-state index contributed by atoms with van der Waals surface area (Å²) in [7, 11) is 6.15. The third kappa shape index (κ3) is 2.96. The molecule has 1 heterocycles. The van der Waals surface area contributed by atoms with E-state index in [9.17, 15) is 4.79 Å². The summed E-state index contributed by atoms with van der Waals surface area (Å²) >= 11 is 0. The molecule has 0 aliphatic carbocycles. The molecule has 0 amide bonds. The number of nitrogens with zero attached hydrogens (tertiary/aromatic N) is 1. The van der Waals surface area contributed by atoms with Crippen LogP contribution in [-0.2, 0) is 4.74 Å². The van der Waals surface area contributed by atoms with Crippen LogP contribution in [0.3, 0.4) is 0 Å². The number of rotatable bonds is 5. The standard InChI is InChI=1S/C19H19NO5/c1-22-12-7-5-11(6-8-12)17-19(25-4)18(21)16-14(20-17)9-13(23-2)10-15(16)24-3/h5-10,19H,1-4H3. The number of Topliss-reactive ketones (excluding diaryl/α,β-unsaturated/α-hetero) is 1. The van der Waals surface area contributed by atoms with Gasteiger partial charge in [0.05, 0.1) is 38.3 Å². The van der Waals surface area contributed by atoms with E-state index < -0.39 is 6.10 Å². The number of hydrogen-bond acceptors (Lipinski definition) is 6. The van der Waals surface area contributed by atoms with Gasteiger partial charge in [0.15, 0.2) is 6.10 Å². The normalized spacial score (nSPS) is 16.1. The molecule has 1 aliphatic rings. The summed E-state index contributed by atoms with van der Waals surface area (Å²) in [4.78, 5) is 17.6. The first-order valence-corrected chi connectivity index (χ1v) is 7.69. The molecule has 0 saturated heterocycles. The predicted octanol–water partition coefficient (Wildman–Crippen LogP) is 3.04. The number of ether oxygens (including phenoxy) is 4. The van der Waals surface area contributed by atoms with Crippen LogP contribution in [-0.4, -0.2) is 46.0 Å². The van der Waals surface area contributed by atoms with Crippen molar-refractivity contribution in [2.24, 2.45) is 4.99 Å². The second-order valence-corrected chi connectivity index (χ2v) is 5.43. The molecule has 1 unspecified atom stereocenters. The summed E-state index contributed by atoms with van der Waals surface area (Å²) in [5.74, 6) is 1.51. The number of aliphatic imine (C=N–C) groups is 1. The van der Waals surface area contributed by atoms with Crippen LogP contribution >= 0.6 is 0 Å². The highest BCUT2D eigenvalue weighted by Gasteiger charge is 2.35. The van der Waals surface area contributed by atoms with Gasteiger partial charge in [0.1, 0.15) is 17.2 Å². The number of carbonyl (C=O) groups is 1. The van der Waals surface area contributed by atoms with Gasteiger partial charge in [-0.1, -0.05) is 0 Å². The molecule has 2 aromatic carbocycles. The molecule has 1 aliphatic heterocycles. The Morgan fingerprint density at radius 3 is 2.12 bits per heavy atom. The molecule has 6 nitrogen and oxygen atoms in total. The fraction of sp³-hybridized carbons (Fsp3) is 0.263. The lowest BCUT2D eigenvalue weighted by Gasteiger charge is -2.24. The molecule has 6 heteroatoms. The summed E-state index contributed by atoms with van der Waals surface area (Å²) in [6.07, 6.45) is -0.803. The maximum absolute atomic E-state index is 13.0. The number of hydrogen-bond donors (Lipinski definition) is 0. The van der Waals surface area contributed by atoms with Crippen molar-refractivity contribution in [2.45, 2.75) is 6.10 Å². The van der Waals surface area contributed by atoms with Crippen LogP contribution in [0.1, 0.15) is 15.9 Å². The first kappa shape index (κ1) is 17.0. The lowest BCUT2D eigenvalue weighted by atomic mass is 9.92. The topological polar surface area (TPSA) is 66.3 Å². The van der Waals surface area contributed by atoms with Crippen molar-refractivity contribution in [2.75, 3.05) is 28.4 Å². The summed E-state index contributed by atoms with van der Waals surface area (Å²) in [6.45, 7) is 0. The van der Waals surface area contributed by atoms with E-state index in [-0.39, 0.29) is 5.78 Å². The van der Waals surface area contributed by atoms with E-state index in [1.807, 2.05) is 24.3 Å². The molecule has 3 rings (SSSR count). The molecule has 1 atom stereocenters. The lowest BCUT2D eigenvalue weighted by molar-refractivity contribution is 0.0751. The largest absolute Gasteiger partial charge is 0.497 e. The number of carbonyl (C=O) groups excluding carboxylic acids is 1. The van der Waals surface area contributed by atoms with Crippen LogP contribution in [0.4, 0.5) is 5.69 Å². The van der Waals surface area contributed by atoms with Crippen molar-refractivity contribution in [3.05, 3.63) is 47.5 Å². The SMILES string of the molecule is COc1ccc(C2=Nc3cc(OC)cc(OC)c3C(=O)C2OC)cc1. The first-order valence-electron chi connectivity index (χ1n) is 7.69. The minimum atomic E-state index is -0.803.